The molecular weight excluding hydrogens is 290 g/mol. The summed E-state index contributed by atoms with van der Waals surface area (Å²) in [6, 6.07) is 14.7. The molecule has 0 spiro atoms. The van der Waals surface area contributed by atoms with Crippen molar-refractivity contribution in [3.63, 3.8) is 0 Å². The molecule has 0 aliphatic heterocycles. The number of aliphatic carboxylic acids is 1. The first-order valence-electron chi connectivity index (χ1n) is 7.90. The highest BCUT2D eigenvalue weighted by molar-refractivity contribution is 5.76. The van der Waals surface area contributed by atoms with Gasteiger partial charge in [-0.05, 0) is 48.2 Å². The maximum absolute atomic E-state index is 11.6. The van der Waals surface area contributed by atoms with Crippen molar-refractivity contribution in [3.05, 3.63) is 59.7 Å². The van der Waals surface area contributed by atoms with E-state index in [1.54, 1.807) is 24.3 Å². The van der Waals surface area contributed by atoms with E-state index in [4.69, 9.17) is 10.5 Å². The topological polar surface area (TPSA) is 72.5 Å². The summed E-state index contributed by atoms with van der Waals surface area (Å²) in [5.41, 5.74) is 8.00. The van der Waals surface area contributed by atoms with Gasteiger partial charge in [0.2, 0.25) is 0 Å². The van der Waals surface area contributed by atoms with Crippen LogP contribution in [-0.2, 0) is 11.2 Å². The molecule has 0 heterocycles. The molecule has 0 fully saturated rings. The van der Waals surface area contributed by atoms with Gasteiger partial charge in [-0.25, -0.2) is 0 Å². The van der Waals surface area contributed by atoms with Crippen molar-refractivity contribution in [3.8, 4) is 5.75 Å². The fourth-order valence-electron chi connectivity index (χ4n) is 2.41. The Morgan fingerprint density at radius 3 is 2.61 bits per heavy atom. The molecule has 0 radical (unpaired) electrons. The lowest BCUT2D eigenvalue weighted by Gasteiger charge is -2.14. The van der Waals surface area contributed by atoms with Crippen molar-refractivity contribution in [2.75, 3.05) is 12.3 Å². The van der Waals surface area contributed by atoms with Gasteiger partial charge < -0.3 is 15.6 Å². The molecule has 3 N–H and O–H groups in total. The largest absolute Gasteiger partial charge is 0.494 e. The first-order valence-corrected chi connectivity index (χ1v) is 7.90. The number of anilines is 1. The van der Waals surface area contributed by atoms with E-state index in [1.165, 1.54) is 0 Å². The number of nitrogen functional groups attached to an aromatic ring is 1. The number of rotatable bonds is 8. The predicted molar refractivity (Wildman–Crippen MR) is 91.8 cm³/mol. The highest BCUT2D eigenvalue weighted by atomic mass is 16.5. The van der Waals surface area contributed by atoms with Gasteiger partial charge in [0.05, 0.1) is 12.5 Å². The van der Waals surface area contributed by atoms with Gasteiger partial charge in [0, 0.05) is 5.69 Å². The highest BCUT2D eigenvalue weighted by Gasteiger charge is 2.20. The second-order valence-corrected chi connectivity index (χ2v) is 5.61. The normalized spacial score (nSPS) is 11.9. The van der Waals surface area contributed by atoms with Gasteiger partial charge in [0.25, 0.3) is 0 Å². The van der Waals surface area contributed by atoms with Crippen LogP contribution in [0.5, 0.6) is 5.75 Å². The molecule has 2 aromatic carbocycles. The third-order valence-electron chi connectivity index (χ3n) is 3.74. The van der Waals surface area contributed by atoms with E-state index in [9.17, 15) is 9.90 Å². The van der Waals surface area contributed by atoms with E-state index < -0.39 is 11.9 Å². The Balaban J connectivity index is 2.12. The van der Waals surface area contributed by atoms with Gasteiger partial charge in [0.15, 0.2) is 0 Å². The summed E-state index contributed by atoms with van der Waals surface area (Å²) in [6.07, 6.45) is 2.51. The number of nitrogens with two attached hydrogens (primary N) is 1. The molecule has 4 nitrogen and oxygen atoms in total. The van der Waals surface area contributed by atoms with Crippen molar-refractivity contribution >= 4 is 11.7 Å². The Labute approximate surface area is 136 Å². The quantitative estimate of drug-likeness (QED) is 0.573. The van der Waals surface area contributed by atoms with Crippen LogP contribution >= 0.6 is 0 Å². The van der Waals surface area contributed by atoms with Crippen LogP contribution in [0.15, 0.2) is 48.5 Å². The summed E-state index contributed by atoms with van der Waals surface area (Å²) >= 11 is 0. The summed E-state index contributed by atoms with van der Waals surface area (Å²) in [6.45, 7) is 2.80. The second-order valence-electron chi connectivity index (χ2n) is 5.61. The molecule has 0 saturated heterocycles. The zero-order valence-electron chi connectivity index (χ0n) is 13.4. The van der Waals surface area contributed by atoms with Crippen molar-refractivity contribution in [1.82, 2.24) is 0 Å². The Bertz CT molecular complexity index is 637. The number of hydrogen-bond donors (Lipinski definition) is 2. The van der Waals surface area contributed by atoms with Crippen LogP contribution in [0.2, 0.25) is 0 Å². The molecule has 0 aromatic heterocycles. The lowest BCUT2D eigenvalue weighted by molar-refractivity contribution is -0.138. The zero-order valence-corrected chi connectivity index (χ0v) is 13.4. The van der Waals surface area contributed by atoms with Crippen LogP contribution in [0.1, 0.15) is 36.8 Å². The molecule has 2 aromatic rings. The number of carbonyl (C=O) groups is 1. The Morgan fingerprint density at radius 2 is 1.96 bits per heavy atom. The van der Waals surface area contributed by atoms with E-state index in [2.05, 4.69) is 6.92 Å². The minimum Gasteiger partial charge on any atom is -0.494 e. The second kappa shape index (κ2) is 8.22. The van der Waals surface area contributed by atoms with Crippen LogP contribution in [0.3, 0.4) is 0 Å². The molecule has 0 amide bonds. The SMILES string of the molecule is CCCCOc1cccc(CC(C(=O)O)c2ccc(N)cc2)c1. The summed E-state index contributed by atoms with van der Waals surface area (Å²) in [5.74, 6) is -0.647. The van der Waals surface area contributed by atoms with Crippen molar-refractivity contribution in [2.24, 2.45) is 0 Å². The minimum absolute atomic E-state index is 0.421. The summed E-state index contributed by atoms with van der Waals surface area (Å²) in [5, 5.41) is 9.54. The van der Waals surface area contributed by atoms with E-state index >= 15 is 0 Å². The Hall–Kier alpha value is -2.49. The van der Waals surface area contributed by atoms with E-state index in [-0.39, 0.29) is 0 Å². The van der Waals surface area contributed by atoms with Gasteiger partial charge in [0.1, 0.15) is 5.75 Å². The highest BCUT2D eigenvalue weighted by Crippen LogP contribution is 2.24. The molecule has 0 bridgehead atoms. The minimum atomic E-state index is -0.841. The lowest BCUT2D eigenvalue weighted by atomic mass is 9.92. The average molecular weight is 313 g/mol. The lowest BCUT2D eigenvalue weighted by Crippen LogP contribution is -2.14. The first-order chi connectivity index (χ1) is 11.1. The first kappa shape index (κ1) is 16.9. The van der Waals surface area contributed by atoms with Crippen molar-refractivity contribution in [1.29, 1.82) is 0 Å². The average Bonchev–Trinajstić information content (AvgIpc) is 2.54. The molecule has 0 aliphatic rings. The van der Waals surface area contributed by atoms with E-state index in [1.807, 2.05) is 24.3 Å². The maximum atomic E-state index is 11.6. The molecule has 1 atom stereocenters. The fourth-order valence-corrected chi connectivity index (χ4v) is 2.41. The van der Waals surface area contributed by atoms with Crippen LogP contribution < -0.4 is 10.5 Å². The predicted octanol–water partition coefficient (Wildman–Crippen LogP) is 3.86. The third-order valence-corrected chi connectivity index (χ3v) is 3.74. The van der Waals surface area contributed by atoms with Crippen LogP contribution in [0.25, 0.3) is 0 Å². The van der Waals surface area contributed by atoms with Crippen LogP contribution in [0, 0.1) is 0 Å². The van der Waals surface area contributed by atoms with Gasteiger partial charge in [-0.15, -0.1) is 0 Å². The smallest absolute Gasteiger partial charge is 0.311 e. The molecule has 1 unspecified atom stereocenters. The maximum Gasteiger partial charge on any atom is 0.311 e. The van der Waals surface area contributed by atoms with E-state index in [0.717, 1.165) is 29.7 Å². The Kier molecular flexibility index (Phi) is 6.03. The summed E-state index contributed by atoms with van der Waals surface area (Å²) < 4.78 is 5.69. The third kappa shape index (κ3) is 5.02. The van der Waals surface area contributed by atoms with Gasteiger partial charge in [-0.2, -0.15) is 0 Å². The van der Waals surface area contributed by atoms with Gasteiger partial charge in [-0.3, -0.25) is 4.79 Å². The standard InChI is InChI=1S/C19H23NO3/c1-2-3-11-23-17-6-4-5-14(12-17)13-18(19(21)22)15-7-9-16(20)10-8-15/h4-10,12,18H,2-3,11,13,20H2,1H3,(H,21,22). The zero-order chi connectivity index (χ0) is 16.7. The number of ether oxygens (including phenoxy) is 1. The molecule has 122 valence electrons. The van der Waals surface area contributed by atoms with Gasteiger partial charge in [-0.1, -0.05) is 37.6 Å². The number of benzene rings is 2. The Morgan fingerprint density at radius 1 is 1.22 bits per heavy atom. The molecular formula is C19H23NO3. The summed E-state index contributed by atoms with van der Waals surface area (Å²) in [4.78, 5) is 11.6. The number of carboxylic acids is 1. The molecule has 4 heteroatoms. The number of hydrogen-bond acceptors (Lipinski definition) is 3. The molecule has 0 aliphatic carbocycles. The fraction of sp³-hybridized carbons (Fsp3) is 0.316. The van der Waals surface area contributed by atoms with Crippen LogP contribution in [0.4, 0.5) is 5.69 Å². The van der Waals surface area contributed by atoms with Crippen molar-refractivity contribution < 1.29 is 14.6 Å². The van der Waals surface area contributed by atoms with Crippen molar-refractivity contribution in [2.45, 2.75) is 32.1 Å². The summed E-state index contributed by atoms with van der Waals surface area (Å²) in [7, 11) is 0. The van der Waals surface area contributed by atoms with Crippen LogP contribution in [-0.4, -0.2) is 17.7 Å². The molecule has 2 rings (SSSR count). The molecule has 0 saturated carbocycles. The monoisotopic (exact) mass is 313 g/mol. The van der Waals surface area contributed by atoms with E-state index in [0.29, 0.717) is 18.7 Å². The molecule has 23 heavy (non-hydrogen) atoms. The van der Waals surface area contributed by atoms with Gasteiger partial charge >= 0.3 is 5.97 Å². The number of carboxylic acid groups (broad SMARTS) is 1. The number of unbranched alkanes of at least 4 members (excludes halogenated alkanes) is 1.